The van der Waals surface area contributed by atoms with E-state index in [0.717, 1.165) is 60.6 Å². The molecule has 2 aromatic carbocycles. The predicted molar refractivity (Wildman–Crippen MR) is 126 cm³/mol. The maximum Gasteiger partial charge on any atom is 0.222 e. The van der Waals surface area contributed by atoms with E-state index in [1.807, 2.05) is 6.20 Å². The van der Waals surface area contributed by atoms with Crippen molar-refractivity contribution in [1.82, 2.24) is 9.97 Å². The van der Waals surface area contributed by atoms with Crippen molar-refractivity contribution in [3.8, 4) is 22.5 Å². The highest BCUT2D eigenvalue weighted by atomic mass is 16.1. The van der Waals surface area contributed by atoms with Crippen LogP contribution in [0.15, 0.2) is 54.7 Å². The number of hydrogen-bond acceptors (Lipinski definition) is 4. The Bertz CT molecular complexity index is 1060. The van der Waals surface area contributed by atoms with Crippen molar-refractivity contribution in [3.05, 3.63) is 65.9 Å². The average molecular weight is 415 g/mol. The number of amides is 1. The van der Waals surface area contributed by atoms with Gasteiger partial charge in [-0.25, -0.2) is 4.98 Å². The van der Waals surface area contributed by atoms with Crippen LogP contribution in [0.4, 0.5) is 5.82 Å². The van der Waals surface area contributed by atoms with Crippen LogP contribution in [0.2, 0.25) is 0 Å². The summed E-state index contributed by atoms with van der Waals surface area (Å²) in [6, 6.07) is 17.1. The van der Waals surface area contributed by atoms with Gasteiger partial charge in [0.05, 0.1) is 23.5 Å². The SMILES string of the molecule is CCCc1ccc(-c2ncc(N3CCC(C(N)=O)C3)nc2-c2cccc(CC)c2)cc1. The molecule has 1 saturated heterocycles. The molecule has 3 aromatic rings. The zero-order valence-corrected chi connectivity index (χ0v) is 18.3. The van der Waals surface area contributed by atoms with Gasteiger partial charge in [0, 0.05) is 24.2 Å². The molecule has 0 spiro atoms. The fourth-order valence-corrected chi connectivity index (χ4v) is 4.20. The molecule has 4 rings (SSSR count). The smallest absolute Gasteiger partial charge is 0.222 e. The average Bonchev–Trinajstić information content (AvgIpc) is 3.30. The second-order valence-electron chi connectivity index (χ2n) is 8.26. The molecule has 0 saturated carbocycles. The molecule has 5 nitrogen and oxygen atoms in total. The largest absolute Gasteiger partial charge is 0.369 e. The first-order valence-electron chi connectivity index (χ1n) is 11.2. The molecule has 1 amide bonds. The van der Waals surface area contributed by atoms with Crippen molar-refractivity contribution < 1.29 is 4.79 Å². The van der Waals surface area contributed by atoms with Gasteiger partial charge in [0.25, 0.3) is 0 Å². The number of aromatic nitrogens is 2. The van der Waals surface area contributed by atoms with E-state index in [1.165, 1.54) is 11.1 Å². The number of primary amides is 1. The molecular formula is C26H30N4O. The molecule has 2 heterocycles. The summed E-state index contributed by atoms with van der Waals surface area (Å²) in [5.74, 6) is 0.432. The van der Waals surface area contributed by atoms with Gasteiger partial charge in [-0.05, 0) is 36.5 Å². The summed E-state index contributed by atoms with van der Waals surface area (Å²) in [5, 5.41) is 0. The summed E-state index contributed by atoms with van der Waals surface area (Å²) < 4.78 is 0. The van der Waals surface area contributed by atoms with E-state index in [4.69, 9.17) is 15.7 Å². The number of hydrogen-bond donors (Lipinski definition) is 1. The number of benzene rings is 2. The highest BCUT2D eigenvalue weighted by Crippen LogP contribution is 2.32. The molecule has 160 valence electrons. The van der Waals surface area contributed by atoms with Gasteiger partial charge in [0.15, 0.2) is 0 Å². The van der Waals surface area contributed by atoms with Gasteiger partial charge in [-0.3, -0.25) is 9.78 Å². The van der Waals surface area contributed by atoms with E-state index in [9.17, 15) is 4.79 Å². The minimum Gasteiger partial charge on any atom is -0.369 e. The van der Waals surface area contributed by atoms with Crippen molar-refractivity contribution in [1.29, 1.82) is 0 Å². The third-order valence-electron chi connectivity index (χ3n) is 6.05. The standard InChI is InChI=1S/C26H30N4O/c1-3-6-19-9-11-20(12-10-19)24-25(21-8-5-7-18(4-2)15-21)29-23(16-28-24)30-14-13-22(17-30)26(27)31/h5,7-12,15-16,22H,3-4,6,13-14,17H2,1-2H3,(H2,27,31). The molecule has 0 bridgehead atoms. The lowest BCUT2D eigenvalue weighted by Crippen LogP contribution is -2.27. The van der Waals surface area contributed by atoms with Crippen molar-refractivity contribution in [2.24, 2.45) is 11.7 Å². The Morgan fingerprint density at radius 3 is 2.55 bits per heavy atom. The van der Waals surface area contributed by atoms with Gasteiger partial charge in [-0.15, -0.1) is 0 Å². The summed E-state index contributed by atoms with van der Waals surface area (Å²) in [6.07, 6.45) is 5.76. The van der Waals surface area contributed by atoms with Crippen LogP contribution in [0, 0.1) is 5.92 Å². The molecular weight excluding hydrogens is 384 g/mol. The van der Waals surface area contributed by atoms with Crippen molar-refractivity contribution in [2.45, 2.75) is 39.5 Å². The van der Waals surface area contributed by atoms with Crippen molar-refractivity contribution >= 4 is 11.7 Å². The minimum absolute atomic E-state index is 0.126. The van der Waals surface area contributed by atoms with E-state index < -0.39 is 0 Å². The van der Waals surface area contributed by atoms with E-state index in [1.54, 1.807) is 0 Å². The lowest BCUT2D eigenvalue weighted by atomic mass is 10.00. The second-order valence-corrected chi connectivity index (χ2v) is 8.26. The number of nitrogens with two attached hydrogens (primary N) is 1. The van der Waals surface area contributed by atoms with Crippen LogP contribution in [-0.2, 0) is 17.6 Å². The summed E-state index contributed by atoms with van der Waals surface area (Å²) in [5.41, 5.74) is 12.0. The molecule has 1 aliphatic rings. The Balaban J connectivity index is 1.76. The maximum atomic E-state index is 11.6. The van der Waals surface area contributed by atoms with Gasteiger partial charge in [-0.1, -0.05) is 62.7 Å². The van der Waals surface area contributed by atoms with E-state index in [-0.39, 0.29) is 11.8 Å². The Morgan fingerprint density at radius 1 is 1.06 bits per heavy atom. The molecule has 31 heavy (non-hydrogen) atoms. The number of rotatable bonds is 7. The number of carbonyl (C=O) groups is 1. The first-order chi connectivity index (χ1) is 15.1. The van der Waals surface area contributed by atoms with Gasteiger partial charge < -0.3 is 10.6 Å². The third kappa shape index (κ3) is 4.61. The van der Waals surface area contributed by atoms with Gasteiger partial charge >= 0.3 is 0 Å². The van der Waals surface area contributed by atoms with Crippen molar-refractivity contribution in [3.63, 3.8) is 0 Å². The minimum atomic E-state index is -0.241. The van der Waals surface area contributed by atoms with E-state index in [2.05, 4.69) is 67.3 Å². The Hall–Kier alpha value is -3.21. The zero-order valence-electron chi connectivity index (χ0n) is 18.3. The Morgan fingerprint density at radius 2 is 1.87 bits per heavy atom. The topological polar surface area (TPSA) is 72.1 Å². The highest BCUT2D eigenvalue weighted by molar-refractivity contribution is 5.80. The van der Waals surface area contributed by atoms with Crippen LogP contribution in [0.1, 0.15) is 37.8 Å². The van der Waals surface area contributed by atoms with Crippen LogP contribution in [0.5, 0.6) is 0 Å². The molecule has 0 radical (unpaired) electrons. The van der Waals surface area contributed by atoms with Crippen LogP contribution >= 0.6 is 0 Å². The normalized spacial score (nSPS) is 15.9. The second kappa shape index (κ2) is 9.29. The number of aryl methyl sites for hydroxylation is 2. The Kier molecular flexibility index (Phi) is 6.31. The third-order valence-corrected chi connectivity index (χ3v) is 6.05. The molecule has 1 aromatic heterocycles. The fraction of sp³-hybridized carbons (Fsp3) is 0.346. The first kappa shape index (κ1) is 21.0. The predicted octanol–water partition coefficient (Wildman–Crippen LogP) is 4.64. The number of carbonyl (C=O) groups excluding carboxylic acids is 1. The van der Waals surface area contributed by atoms with E-state index in [0.29, 0.717) is 6.54 Å². The first-order valence-corrected chi connectivity index (χ1v) is 11.2. The lowest BCUT2D eigenvalue weighted by Gasteiger charge is -2.19. The molecule has 1 aliphatic heterocycles. The summed E-state index contributed by atoms with van der Waals surface area (Å²) >= 11 is 0. The van der Waals surface area contributed by atoms with E-state index >= 15 is 0 Å². The quantitative estimate of drug-likeness (QED) is 0.611. The summed E-state index contributed by atoms with van der Waals surface area (Å²) in [6.45, 7) is 5.71. The van der Waals surface area contributed by atoms with Gasteiger partial charge in [0.2, 0.25) is 5.91 Å². The molecule has 0 aliphatic carbocycles. The molecule has 1 unspecified atom stereocenters. The fourth-order valence-electron chi connectivity index (χ4n) is 4.20. The summed E-state index contributed by atoms with van der Waals surface area (Å²) in [4.78, 5) is 23.6. The Labute approximate surface area is 184 Å². The monoisotopic (exact) mass is 414 g/mol. The lowest BCUT2D eigenvalue weighted by molar-refractivity contribution is -0.121. The van der Waals surface area contributed by atoms with Crippen molar-refractivity contribution in [2.75, 3.05) is 18.0 Å². The van der Waals surface area contributed by atoms with Crippen LogP contribution in [0.3, 0.4) is 0 Å². The summed E-state index contributed by atoms with van der Waals surface area (Å²) in [7, 11) is 0. The van der Waals surface area contributed by atoms with Crippen LogP contribution in [0.25, 0.3) is 22.5 Å². The molecule has 1 atom stereocenters. The molecule has 5 heteroatoms. The van der Waals surface area contributed by atoms with Crippen LogP contribution in [-0.4, -0.2) is 29.0 Å². The number of anilines is 1. The number of nitrogens with zero attached hydrogens (tertiary/aromatic N) is 3. The maximum absolute atomic E-state index is 11.6. The van der Waals surface area contributed by atoms with Gasteiger partial charge in [0.1, 0.15) is 5.82 Å². The molecule has 1 fully saturated rings. The zero-order chi connectivity index (χ0) is 21.8. The van der Waals surface area contributed by atoms with Crippen LogP contribution < -0.4 is 10.6 Å². The highest BCUT2D eigenvalue weighted by Gasteiger charge is 2.28. The molecule has 2 N–H and O–H groups in total. The van der Waals surface area contributed by atoms with Gasteiger partial charge in [-0.2, -0.15) is 0 Å².